The van der Waals surface area contributed by atoms with E-state index in [0.29, 0.717) is 6.54 Å². The lowest BCUT2D eigenvalue weighted by molar-refractivity contribution is 0.0784. The summed E-state index contributed by atoms with van der Waals surface area (Å²) in [5.41, 5.74) is -1.22. The minimum atomic E-state index is -1.68. The molecule has 1 amide bonds. The van der Waals surface area contributed by atoms with Gasteiger partial charge >= 0.3 is 0 Å². The van der Waals surface area contributed by atoms with E-state index in [1.165, 1.54) is 7.05 Å². The number of carbonyl (C=O) groups is 1. The first-order chi connectivity index (χ1) is 8.40. The van der Waals surface area contributed by atoms with Crippen LogP contribution in [0.4, 0.5) is 17.6 Å². The van der Waals surface area contributed by atoms with Crippen molar-refractivity contribution < 1.29 is 22.4 Å². The van der Waals surface area contributed by atoms with Crippen LogP contribution in [0.3, 0.4) is 0 Å². The van der Waals surface area contributed by atoms with Crippen molar-refractivity contribution >= 4 is 18.3 Å². The van der Waals surface area contributed by atoms with Gasteiger partial charge in [0.15, 0.2) is 23.3 Å². The van der Waals surface area contributed by atoms with Crippen LogP contribution in [0.25, 0.3) is 0 Å². The Morgan fingerprint density at radius 1 is 1.21 bits per heavy atom. The number of halogens is 5. The normalized spacial score (nSPS) is 10.0. The van der Waals surface area contributed by atoms with Crippen LogP contribution in [0.5, 0.6) is 0 Å². The van der Waals surface area contributed by atoms with E-state index >= 15 is 0 Å². The lowest BCUT2D eigenvalue weighted by Gasteiger charge is -2.17. The molecule has 0 spiro atoms. The summed E-state index contributed by atoms with van der Waals surface area (Å²) in [4.78, 5) is 12.7. The van der Waals surface area contributed by atoms with Crippen molar-refractivity contribution in [2.45, 2.75) is 0 Å². The van der Waals surface area contributed by atoms with Crippen LogP contribution in [0.2, 0.25) is 0 Å². The molecule has 0 fully saturated rings. The fraction of sp³-hybridized carbons (Fsp3) is 0.364. The highest BCUT2D eigenvalue weighted by atomic mass is 35.5. The Balaban J connectivity index is 0.00000324. The van der Waals surface area contributed by atoms with Gasteiger partial charge < -0.3 is 10.2 Å². The largest absolute Gasteiger partial charge is 0.340 e. The first-order valence-corrected chi connectivity index (χ1v) is 5.13. The first-order valence-electron chi connectivity index (χ1n) is 5.13. The Morgan fingerprint density at radius 3 is 2.11 bits per heavy atom. The molecule has 3 nitrogen and oxygen atoms in total. The molecule has 8 heteroatoms. The number of likely N-dealkylation sites (N-methyl/N-ethyl adjacent to an activating group) is 2. The second-order valence-electron chi connectivity index (χ2n) is 3.67. The summed E-state index contributed by atoms with van der Waals surface area (Å²) in [6.45, 7) is 0.523. The minimum Gasteiger partial charge on any atom is -0.340 e. The zero-order chi connectivity index (χ0) is 13.9. The monoisotopic (exact) mass is 300 g/mol. The number of nitrogens with one attached hydrogen (secondary N) is 1. The zero-order valence-corrected chi connectivity index (χ0v) is 11.1. The zero-order valence-electron chi connectivity index (χ0n) is 10.3. The Kier molecular flexibility index (Phi) is 6.78. The molecule has 0 radical (unpaired) electrons. The maximum Gasteiger partial charge on any atom is 0.259 e. The molecule has 19 heavy (non-hydrogen) atoms. The molecule has 0 saturated carbocycles. The summed E-state index contributed by atoms with van der Waals surface area (Å²) in [7, 11) is 2.91. The maximum atomic E-state index is 13.3. The van der Waals surface area contributed by atoms with E-state index < -0.39 is 34.7 Å². The van der Waals surface area contributed by atoms with Crippen molar-refractivity contribution in [3.05, 3.63) is 34.9 Å². The number of amides is 1. The molecule has 1 aromatic rings. The van der Waals surface area contributed by atoms with Crippen LogP contribution >= 0.6 is 12.4 Å². The van der Waals surface area contributed by atoms with Gasteiger partial charge in [-0.15, -0.1) is 12.4 Å². The molecule has 1 aromatic carbocycles. The van der Waals surface area contributed by atoms with Gasteiger partial charge in [0.2, 0.25) is 0 Å². The predicted octanol–water partition coefficient (Wildman–Crippen LogP) is 1.96. The molecular formula is C11H13ClF4N2O. The first kappa shape index (κ1) is 17.7. The van der Waals surface area contributed by atoms with E-state index in [9.17, 15) is 22.4 Å². The summed E-state index contributed by atoms with van der Waals surface area (Å²) < 4.78 is 52.5. The Morgan fingerprint density at radius 2 is 1.68 bits per heavy atom. The molecule has 0 atom stereocenters. The molecule has 1 N–H and O–H groups in total. The lowest BCUT2D eigenvalue weighted by atomic mass is 10.1. The molecule has 0 heterocycles. The van der Waals surface area contributed by atoms with Gasteiger partial charge in [0.25, 0.3) is 5.91 Å². The molecular weight excluding hydrogens is 288 g/mol. The van der Waals surface area contributed by atoms with E-state index in [2.05, 4.69) is 5.32 Å². The average Bonchev–Trinajstić information content (AvgIpc) is 2.33. The number of nitrogens with zero attached hydrogens (tertiary/aromatic N) is 1. The third-order valence-corrected chi connectivity index (χ3v) is 2.37. The van der Waals surface area contributed by atoms with Crippen molar-refractivity contribution in [1.29, 1.82) is 0 Å². The SMILES string of the molecule is CNCCN(C)C(=O)c1c(F)c(F)cc(F)c1F.Cl. The number of benzene rings is 1. The topological polar surface area (TPSA) is 32.3 Å². The average molecular weight is 301 g/mol. The maximum absolute atomic E-state index is 13.3. The van der Waals surface area contributed by atoms with Gasteiger partial charge in [-0.3, -0.25) is 4.79 Å². The fourth-order valence-electron chi connectivity index (χ4n) is 1.33. The molecule has 0 aliphatic heterocycles. The van der Waals surface area contributed by atoms with E-state index in [0.717, 1.165) is 4.90 Å². The van der Waals surface area contributed by atoms with Crippen molar-refractivity contribution in [2.24, 2.45) is 0 Å². The van der Waals surface area contributed by atoms with Gasteiger partial charge in [-0.05, 0) is 7.05 Å². The van der Waals surface area contributed by atoms with Crippen LogP contribution in [0.15, 0.2) is 6.07 Å². The summed E-state index contributed by atoms with van der Waals surface area (Å²) in [5, 5.41) is 2.73. The minimum absolute atomic E-state index is 0. The van der Waals surface area contributed by atoms with Crippen LogP contribution in [-0.2, 0) is 0 Å². The highest BCUT2D eigenvalue weighted by Crippen LogP contribution is 2.20. The summed E-state index contributed by atoms with van der Waals surface area (Å²) in [6.07, 6.45) is 0. The van der Waals surface area contributed by atoms with Gasteiger partial charge in [0, 0.05) is 26.2 Å². The lowest BCUT2D eigenvalue weighted by Crippen LogP contribution is -2.34. The van der Waals surface area contributed by atoms with E-state index in [-0.39, 0.29) is 25.0 Å². The summed E-state index contributed by atoms with van der Waals surface area (Å²) in [6, 6.07) is 0.0645. The van der Waals surface area contributed by atoms with Gasteiger partial charge in [-0.1, -0.05) is 0 Å². The molecule has 0 aromatic heterocycles. The highest BCUT2D eigenvalue weighted by molar-refractivity contribution is 5.94. The number of hydrogen-bond donors (Lipinski definition) is 1. The molecule has 0 unspecified atom stereocenters. The number of hydrogen-bond acceptors (Lipinski definition) is 2. The second-order valence-corrected chi connectivity index (χ2v) is 3.67. The van der Waals surface area contributed by atoms with E-state index in [4.69, 9.17) is 0 Å². The van der Waals surface area contributed by atoms with Crippen molar-refractivity contribution in [3.63, 3.8) is 0 Å². The Hall–Kier alpha value is -1.34. The third-order valence-electron chi connectivity index (χ3n) is 2.37. The van der Waals surface area contributed by atoms with Gasteiger partial charge in [-0.25, -0.2) is 17.6 Å². The summed E-state index contributed by atoms with van der Waals surface area (Å²) in [5.74, 6) is -7.68. The quantitative estimate of drug-likeness (QED) is 0.681. The fourth-order valence-corrected chi connectivity index (χ4v) is 1.33. The molecule has 0 bridgehead atoms. The van der Waals surface area contributed by atoms with E-state index in [1.807, 2.05) is 0 Å². The van der Waals surface area contributed by atoms with Gasteiger partial charge in [0.1, 0.15) is 5.56 Å². The molecule has 0 saturated heterocycles. The summed E-state index contributed by atoms with van der Waals surface area (Å²) >= 11 is 0. The Labute approximate surface area is 114 Å². The van der Waals surface area contributed by atoms with Gasteiger partial charge in [-0.2, -0.15) is 0 Å². The van der Waals surface area contributed by atoms with Crippen molar-refractivity contribution in [1.82, 2.24) is 10.2 Å². The standard InChI is InChI=1S/C11H12F4N2O.ClH/c1-16-3-4-17(2)11(18)8-9(14)6(12)5-7(13)10(8)15;/h5,16H,3-4H2,1-2H3;1H. The van der Waals surface area contributed by atoms with Crippen LogP contribution in [-0.4, -0.2) is 38.0 Å². The number of rotatable bonds is 4. The van der Waals surface area contributed by atoms with Crippen LogP contribution in [0, 0.1) is 23.3 Å². The molecule has 0 aliphatic carbocycles. The molecule has 0 aliphatic rings. The van der Waals surface area contributed by atoms with Crippen molar-refractivity contribution in [2.75, 3.05) is 27.2 Å². The van der Waals surface area contributed by atoms with Crippen LogP contribution < -0.4 is 5.32 Å². The Bertz CT molecular complexity index is 444. The number of carbonyl (C=O) groups excluding carboxylic acids is 1. The molecule has 1 rings (SSSR count). The predicted molar refractivity (Wildman–Crippen MR) is 64.4 cm³/mol. The smallest absolute Gasteiger partial charge is 0.259 e. The van der Waals surface area contributed by atoms with Gasteiger partial charge in [0.05, 0.1) is 0 Å². The van der Waals surface area contributed by atoms with Crippen LogP contribution in [0.1, 0.15) is 10.4 Å². The third kappa shape index (κ3) is 3.81. The van der Waals surface area contributed by atoms with E-state index in [1.54, 1.807) is 7.05 Å². The van der Waals surface area contributed by atoms with Crippen molar-refractivity contribution in [3.8, 4) is 0 Å². The molecule has 108 valence electrons. The highest BCUT2D eigenvalue weighted by Gasteiger charge is 2.26. The second kappa shape index (κ2) is 7.30.